The Labute approximate surface area is 95.7 Å². The number of phenolic OH excluding ortho intramolecular Hbond substituents is 1. The van der Waals surface area contributed by atoms with Gasteiger partial charge in [-0.25, -0.2) is 4.39 Å². The summed E-state index contributed by atoms with van der Waals surface area (Å²) >= 11 is 0. The van der Waals surface area contributed by atoms with Gasteiger partial charge in [-0.3, -0.25) is 0 Å². The van der Waals surface area contributed by atoms with Crippen LogP contribution in [0.2, 0.25) is 0 Å². The Kier molecular flexibility index (Phi) is 3.44. The Morgan fingerprint density at radius 2 is 2.06 bits per heavy atom. The van der Waals surface area contributed by atoms with Crippen molar-refractivity contribution in [3.63, 3.8) is 0 Å². The molecule has 16 heavy (non-hydrogen) atoms. The summed E-state index contributed by atoms with van der Waals surface area (Å²) in [7, 11) is 0. The Balaban J connectivity index is 2.05. The van der Waals surface area contributed by atoms with E-state index in [9.17, 15) is 9.50 Å². The normalized spacial score (nSPS) is 18.9. The minimum Gasteiger partial charge on any atom is -0.505 e. The lowest BCUT2D eigenvalue weighted by Crippen LogP contribution is -2.32. The zero-order chi connectivity index (χ0) is 11.5. The molecule has 1 aromatic carbocycles. The maximum Gasteiger partial charge on any atom is 0.164 e. The molecule has 2 rings (SSSR count). The third-order valence-electron chi connectivity index (χ3n) is 3.48. The van der Waals surface area contributed by atoms with E-state index in [1.807, 2.05) is 0 Å². The van der Waals surface area contributed by atoms with Crippen molar-refractivity contribution in [3.05, 3.63) is 29.6 Å². The van der Waals surface area contributed by atoms with E-state index < -0.39 is 5.82 Å². The molecular formula is C13H18FNO. The second kappa shape index (κ2) is 4.83. The van der Waals surface area contributed by atoms with Crippen molar-refractivity contribution >= 4 is 0 Å². The molecule has 0 bridgehead atoms. The van der Waals surface area contributed by atoms with Crippen LogP contribution in [0.4, 0.5) is 4.39 Å². The van der Waals surface area contributed by atoms with Gasteiger partial charge in [-0.1, -0.05) is 13.0 Å². The minimum atomic E-state index is -0.533. The van der Waals surface area contributed by atoms with E-state index >= 15 is 0 Å². The van der Waals surface area contributed by atoms with Crippen molar-refractivity contribution in [1.29, 1.82) is 0 Å². The molecule has 0 amide bonds. The summed E-state index contributed by atoms with van der Waals surface area (Å²) in [6.45, 7) is 5.46. The zero-order valence-corrected chi connectivity index (χ0v) is 9.62. The predicted molar refractivity (Wildman–Crippen MR) is 62.2 cm³/mol. The fourth-order valence-corrected chi connectivity index (χ4v) is 2.37. The first-order chi connectivity index (χ1) is 7.70. The van der Waals surface area contributed by atoms with Crippen molar-refractivity contribution in [2.24, 2.45) is 0 Å². The lowest BCUT2D eigenvalue weighted by molar-refractivity contribution is 0.222. The summed E-state index contributed by atoms with van der Waals surface area (Å²) in [5, 5.41) is 9.34. The first-order valence-electron chi connectivity index (χ1n) is 5.91. The zero-order valence-electron chi connectivity index (χ0n) is 9.62. The number of hydrogen-bond donors (Lipinski definition) is 1. The van der Waals surface area contributed by atoms with Gasteiger partial charge in [-0.2, -0.15) is 0 Å². The number of aromatic hydroxyl groups is 1. The quantitative estimate of drug-likeness (QED) is 0.833. The molecule has 1 aromatic rings. The second-order valence-corrected chi connectivity index (χ2v) is 4.42. The average Bonchev–Trinajstić information content (AvgIpc) is 2.33. The fourth-order valence-electron chi connectivity index (χ4n) is 2.37. The molecule has 1 aliphatic heterocycles. The number of benzene rings is 1. The minimum absolute atomic E-state index is 0.226. The van der Waals surface area contributed by atoms with Gasteiger partial charge in [-0.05, 0) is 56.1 Å². The molecule has 1 fully saturated rings. The lowest BCUT2D eigenvalue weighted by atomic mass is 9.89. The molecule has 0 atom stereocenters. The fraction of sp³-hybridized carbons (Fsp3) is 0.538. The van der Waals surface area contributed by atoms with Crippen molar-refractivity contribution in [1.82, 2.24) is 4.90 Å². The number of nitrogens with zero attached hydrogens (tertiary/aromatic N) is 1. The van der Waals surface area contributed by atoms with Gasteiger partial charge < -0.3 is 10.0 Å². The van der Waals surface area contributed by atoms with E-state index in [2.05, 4.69) is 11.8 Å². The van der Waals surface area contributed by atoms with Crippen LogP contribution < -0.4 is 0 Å². The molecule has 1 heterocycles. The molecule has 88 valence electrons. The summed E-state index contributed by atoms with van der Waals surface area (Å²) in [6.07, 6.45) is 2.19. The average molecular weight is 223 g/mol. The highest BCUT2D eigenvalue weighted by atomic mass is 19.1. The molecule has 0 saturated carbocycles. The highest BCUT2D eigenvalue weighted by Crippen LogP contribution is 2.30. The number of phenols is 1. The summed E-state index contributed by atoms with van der Waals surface area (Å²) in [6, 6.07) is 4.72. The van der Waals surface area contributed by atoms with Crippen LogP contribution in [-0.4, -0.2) is 29.6 Å². The van der Waals surface area contributed by atoms with Crippen LogP contribution in [0.25, 0.3) is 0 Å². The van der Waals surface area contributed by atoms with Crippen LogP contribution in [0.3, 0.4) is 0 Å². The summed E-state index contributed by atoms with van der Waals surface area (Å²) in [5.74, 6) is -0.292. The van der Waals surface area contributed by atoms with E-state index in [0.29, 0.717) is 5.92 Å². The molecule has 0 aromatic heterocycles. The van der Waals surface area contributed by atoms with E-state index in [0.717, 1.165) is 38.0 Å². The largest absolute Gasteiger partial charge is 0.505 e. The van der Waals surface area contributed by atoms with E-state index in [-0.39, 0.29) is 5.75 Å². The first kappa shape index (κ1) is 11.4. The van der Waals surface area contributed by atoms with Crippen molar-refractivity contribution in [2.45, 2.75) is 25.7 Å². The Bertz CT molecular complexity index is 359. The van der Waals surface area contributed by atoms with Crippen LogP contribution in [0, 0.1) is 5.82 Å². The molecule has 1 N–H and O–H groups in total. The Hall–Kier alpha value is -1.09. The molecule has 0 aliphatic carbocycles. The van der Waals surface area contributed by atoms with Gasteiger partial charge in [0, 0.05) is 0 Å². The van der Waals surface area contributed by atoms with Crippen molar-refractivity contribution in [2.75, 3.05) is 19.6 Å². The highest BCUT2D eigenvalue weighted by Gasteiger charge is 2.20. The molecule has 1 saturated heterocycles. The molecule has 2 nitrogen and oxygen atoms in total. The number of rotatable bonds is 2. The van der Waals surface area contributed by atoms with Gasteiger partial charge in [0.05, 0.1) is 0 Å². The van der Waals surface area contributed by atoms with Crippen LogP contribution >= 0.6 is 0 Å². The number of hydrogen-bond acceptors (Lipinski definition) is 2. The molecule has 0 radical (unpaired) electrons. The third-order valence-corrected chi connectivity index (χ3v) is 3.48. The molecule has 0 unspecified atom stereocenters. The van der Waals surface area contributed by atoms with E-state index in [4.69, 9.17) is 0 Å². The molecular weight excluding hydrogens is 205 g/mol. The van der Waals surface area contributed by atoms with Crippen LogP contribution in [-0.2, 0) is 0 Å². The van der Waals surface area contributed by atoms with Gasteiger partial charge in [0.15, 0.2) is 11.6 Å². The lowest BCUT2D eigenvalue weighted by Gasteiger charge is -2.31. The standard InChI is InChI=1S/C13H18FNO/c1-2-15-7-5-10(6-8-15)11-3-4-12(14)13(16)9-11/h3-4,9-10,16H,2,5-8H2,1H3. The summed E-state index contributed by atoms with van der Waals surface area (Å²) in [4.78, 5) is 2.42. The number of halogens is 1. The van der Waals surface area contributed by atoms with Crippen molar-refractivity contribution < 1.29 is 9.50 Å². The van der Waals surface area contributed by atoms with Crippen LogP contribution in [0.5, 0.6) is 5.75 Å². The topological polar surface area (TPSA) is 23.5 Å². The van der Waals surface area contributed by atoms with E-state index in [1.165, 1.54) is 6.07 Å². The van der Waals surface area contributed by atoms with Gasteiger partial charge in [0.2, 0.25) is 0 Å². The summed E-state index contributed by atoms with van der Waals surface area (Å²) < 4.78 is 12.9. The molecule has 1 aliphatic rings. The monoisotopic (exact) mass is 223 g/mol. The Morgan fingerprint density at radius 1 is 1.38 bits per heavy atom. The smallest absolute Gasteiger partial charge is 0.164 e. The summed E-state index contributed by atoms with van der Waals surface area (Å²) in [5.41, 5.74) is 1.06. The van der Waals surface area contributed by atoms with Gasteiger partial charge in [-0.15, -0.1) is 0 Å². The SMILES string of the molecule is CCN1CCC(c2ccc(F)c(O)c2)CC1. The maximum absolute atomic E-state index is 12.9. The van der Waals surface area contributed by atoms with Crippen LogP contribution in [0.1, 0.15) is 31.2 Å². The second-order valence-electron chi connectivity index (χ2n) is 4.42. The van der Waals surface area contributed by atoms with Gasteiger partial charge in [0.1, 0.15) is 0 Å². The first-order valence-corrected chi connectivity index (χ1v) is 5.91. The predicted octanol–water partition coefficient (Wildman–Crippen LogP) is 2.73. The van der Waals surface area contributed by atoms with E-state index in [1.54, 1.807) is 12.1 Å². The molecule has 0 spiro atoms. The van der Waals surface area contributed by atoms with Crippen LogP contribution in [0.15, 0.2) is 18.2 Å². The third kappa shape index (κ3) is 2.35. The van der Waals surface area contributed by atoms with Gasteiger partial charge >= 0.3 is 0 Å². The molecule has 3 heteroatoms. The Morgan fingerprint density at radius 3 is 2.62 bits per heavy atom. The van der Waals surface area contributed by atoms with Crippen molar-refractivity contribution in [3.8, 4) is 5.75 Å². The maximum atomic E-state index is 12.9. The number of piperidine rings is 1. The highest BCUT2D eigenvalue weighted by molar-refractivity contribution is 5.31. The van der Waals surface area contributed by atoms with Gasteiger partial charge in [0.25, 0.3) is 0 Å². The number of likely N-dealkylation sites (tertiary alicyclic amines) is 1.